The molecule has 0 aliphatic rings. The molecule has 0 unspecified atom stereocenters. The summed E-state index contributed by atoms with van der Waals surface area (Å²) in [7, 11) is 0. The van der Waals surface area contributed by atoms with Crippen molar-refractivity contribution in [2.24, 2.45) is 5.92 Å². The van der Waals surface area contributed by atoms with Crippen LogP contribution < -0.4 is 5.32 Å². The van der Waals surface area contributed by atoms with E-state index in [4.69, 9.17) is 0 Å². The molecule has 0 fully saturated rings. The Balaban J connectivity index is 2.14. The number of nitrogens with zero attached hydrogens (tertiary/aromatic N) is 4. The molecule has 2 aromatic rings. The van der Waals surface area contributed by atoms with Crippen LogP contribution in [0.25, 0.3) is 5.82 Å². The molecule has 0 spiro atoms. The van der Waals surface area contributed by atoms with E-state index in [1.165, 1.54) is 6.20 Å². The van der Waals surface area contributed by atoms with Gasteiger partial charge >= 0.3 is 6.18 Å². The molecule has 9 heteroatoms. The third-order valence-electron chi connectivity index (χ3n) is 3.39. The number of hydrogen-bond acceptors (Lipinski definition) is 4. The van der Waals surface area contributed by atoms with Crippen molar-refractivity contribution < 1.29 is 18.0 Å². The third-order valence-corrected chi connectivity index (χ3v) is 3.39. The van der Waals surface area contributed by atoms with Crippen molar-refractivity contribution in [2.45, 2.75) is 33.0 Å². The van der Waals surface area contributed by atoms with E-state index in [0.717, 1.165) is 16.8 Å². The van der Waals surface area contributed by atoms with Crippen molar-refractivity contribution in [2.75, 3.05) is 0 Å². The van der Waals surface area contributed by atoms with Gasteiger partial charge in [-0.05, 0) is 25.0 Å². The molecule has 0 aromatic carbocycles. The molecule has 23 heavy (non-hydrogen) atoms. The minimum Gasteiger partial charge on any atom is -0.348 e. The minimum atomic E-state index is -4.45. The predicted molar refractivity (Wildman–Crippen MR) is 75.9 cm³/mol. The lowest BCUT2D eigenvalue weighted by Gasteiger charge is -2.16. The zero-order valence-electron chi connectivity index (χ0n) is 12.8. The first kappa shape index (κ1) is 16.9. The van der Waals surface area contributed by atoms with Crippen molar-refractivity contribution in [3.63, 3.8) is 0 Å². The van der Waals surface area contributed by atoms with Gasteiger partial charge < -0.3 is 5.32 Å². The normalized spacial score (nSPS) is 13.2. The second kappa shape index (κ2) is 6.35. The second-order valence-electron chi connectivity index (χ2n) is 5.46. The van der Waals surface area contributed by atoms with Crippen LogP contribution in [-0.2, 0) is 6.18 Å². The summed E-state index contributed by atoms with van der Waals surface area (Å²) >= 11 is 0. The SMILES string of the molecule is CC(C)[C@H](C)NC(=O)c1cn(-c2ccc(C(F)(F)F)cn2)nn1. The third kappa shape index (κ3) is 4.05. The number of halogens is 3. The maximum absolute atomic E-state index is 12.5. The maximum atomic E-state index is 12.5. The molecule has 0 saturated carbocycles. The van der Waals surface area contributed by atoms with Crippen LogP contribution in [0, 0.1) is 5.92 Å². The molecule has 0 bridgehead atoms. The summed E-state index contributed by atoms with van der Waals surface area (Å²) in [6.07, 6.45) is -2.43. The van der Waals surface area contributed by atoms with Crippen LogP contribution in [0.15, 0.2) is 24.5 Å². The molecular formula is C14H16F3N5O. The number of aromatic nitrogens is 4. The molecule has 2 aromatic heterocycles. The van der Waals surface area contributed by atoms with Crippen molar-refractivity contribution in [3.05, 3.63) is 35.8 Å². The number of carbonyl (C=O) groups is 1. The molecule has 1 N–H and O–H groups in total. The molecule has 0 aliphatic heterocycles. The maximum Gasteiger partial charge on any atom is 0.417 e. The van der Waals surface area contributed by atoms with Gasteiger partial charge in [-0.15, -0.1) is 5.10 Å². The Labute approximate surface area is 130 Å². The molecule has 124 valence electrons. The van der Waals surface area contributed by atoms with E-state index in [-0.39, 0.29) is 23.5 Å². The van der Waals surface area contributed by atoms with Crippen molar-refractivity contribution in [1.29, 1.82) is 0 Å². The number of pyridine rings is 1. The Kier molecular flexibility index (Phi) is 4.67. The van der Waals surface area contributed by atoms with Crippen molar-refractivity contribution >= 4 is 5.91 Å². The number of hydrogen-bond donors (Lipinski definition) is 1. The van der Waals surface area contributed by atoms with E-state index < -0.39 is 17.6 Å². The first-order valence-electron chi connectivity index (χ1n) is 6.95. The van der Waals surface area contributed by atoms with Gasteiger partial charge in [-0.2, -0.15) is 13.2 Å². The number of amides is 1. The van der Waals surface area contributed by atoms with Gasteiger partial charge in [0, 0.05) is 12.2 Å². The van der Waals surface area contributed by atoms with Crippen LogP contribution in [0.1, 0.15) is 36.8 Å². The number of carbonyl (C=O) groups excluding carboxylic acids is 1. The summed E-state index contributed by atoms with van der Waals surface area (Å²) in [5.41, 5.74) is -0.788. The number of alkyl halides is 3. The average molecular weight is 327 g/mol. The summed E-state index contributed by atoms with van der Waals surface area (Å²) in [5, 5.41) is 10.2. The first-order valence-corrected chi connectivity index (χ1v) is 6.95. The van der Waals surface area contributed by atoms with Crippen LogP contribution >= 0.6 is 0 Å². The number of nitrogens with one attached hydrogen (secondary N) is 1. The van der Waals surface area contributed by atoms with Crippen molar-refractivity contribution in [3.8, 4) is 5.82 Å². The van der Waals surface area contributed by atoms with Crippen LogP contribution in [0.5, 0.6) is 0 Å². The highest BCUT2D eigenvalue weighted by atomic mass is 19.4. The zero-order chi connectivity index (χ0) is 17.2. The first-order chi connectivity index (χ1) is 10.7. The topological polar surface area (TPSA) is 72.7 Å². The Bertz CT molecular complexity index is 678. The summed E-state index contributed by atoms with van der Waals surface area (Å²) in [6.45, 7) is 5.80. The standard InChI is InChI=1S/C14H16F3N5O/c1-8(2)9(3)19-13(23)11-7-22(21-20-11)12-5-4-10(6-18-12)14(15,16)17/h4-9H,1-3H3,(H,19,23)/t9-/m0/s1. The highest BCUT2D eigenvalue weighted by molar-refractivity contribution is 5.92. The van der Waals surface area contributed by atoms with Crippen LogP contribution in [0.4, 0.5) is 13.2 Å². The lowest BCUT2D eigenvalue weighted by molar-refractivity contribution is -0.137. The van der Waals surface area contributed by atoms with Crippen LogP contribution in [-0.4, -0.2) is 31.9 Å². The molecule has 2 rings (SSSR count). The molecule has 2 heterocycles. The van der Waals surface area contributed by atoms with Gasteiger partial charge in [-0.25, -0.2) is 9.67 Å². The quantitative estimate of drug-likeness (QED) is 0.936. The van der Waals surface area contributed by atoms with E-state index in [1.807, 2.05) is 20.8 Å². The lowest BCUT2D eigenvalue weighted by atomic mass is 10.1. The summed E-state index contributed by atoms with van der Waals surface area (Å²) in [6, 6.07) is 2.01. The van der Waals surface area contributed by atoms with Crippen LogP contribution in [0.3, 0.4) is 0 Å². The molecular weight excluding hydrogens is 311 g/mol. The Morgan fingerprint density at radius 2 is 1.96 bits per heavy atom. The zero-order valence-corrected chi connectivity index (χ0v) is 12.8. The fourth-order valence-corrected chi connectivity index (χ4v) is 1.62. The van der Waals surface area contributed by atoms with E-state index >= 15 is 0 Å². The predicted octanol–water partition coefficient (Wildman–Crippen LogP) is 2.46. The smallest absolute Gasteiger partial charge is 0.348 e. The highest BCUT2D eigenvalue weighted by Gasteiger charge is 2.30. The molecule has 1 atom stereocenters. The van der Waals surface area contributed by atoms with Crippen LogP contribution in [0.2, 0.25) is 0 Å². The summed E-state index contributed by atoms with van der Waals surface area (Å²) < 4.78 is 38.6. The molecule has 0 aliphatic carbocycles. The largest absolute Gasteiger partial charge is 0.417 e. The van der Waals surface area contributed by atoms with Gasteiger partial charge in [0.1, 0.15) is 0 Å². The summed E-state index contributed by atoms with van der Waals surface area (Å²) in [4.78, 5) is 15.7. The highest BCUT2D eigenvalue weighted by Crippen LogP contribution is 2.28. The Morgan fingerprint density at radius 3 is 2.48 bits per heavy atom. The van der Waals surface area contributed by atoms with Gasteiger partial charge in [0.15, 0.2) is 11.5 Å². The van der Waals surface area contributed by atoms with E-state index in [1.54, 1.807) is 0 Å². The molecule has 0 saturated heterocycles. The molecule has 0 radical (unpaired) electrons. The monoisotopic (exact) mass is 327 g/mol. The van der Waals surface area contributed by atoms with E-state index in [0.29, 0.717) is 6.20 Å². The lowest BCUT2D eigenvalue weighted by Crippen LogP contribution is -2.36. The summed E-state index contributed by atoms with van der Waals surface area (Å²) in [5.74, 6) is -0.00334. The fraction of sp³-hybridized carbons (Fsp3) is 0.429. The van der Waals surface area contributed by atoms with E-state index in [2.05, 4.69) is 20.6 Å². The van der Waals surface area contributed by atoms with Gasteiger partial charge in [-0.3, -0.25) is 4.79 Å². The molecule has 6 nitrogen and oxygen atoms in total. The van der Waals surface area contributed by atoms with Crippen molar-refractivity contribution in [1.82, 2.24) is 25.3 Å². The Hall–Kier alpha value is -2.45. The average Bonchev–Trinajstić information content (AvgIpc) is 2.96. The van der Waals surface area contributed by atoms with Gasteiger partial charge in [-0.1, -0.05) is 19.1 Å². The minimum absolute atomic E-state index is 0.0446. The van der Waals surface area contributed by atoms with Gasteiger partial charge in [0.25, 0.3) is 5.91 Å². The Morgan fingerprint density at radius 1 is 1.26 bits per heavy atom. The molecule has 1 amide bonds. The van der Waals surface area contributed by atoms with Gasteiger partial charge in [0.2, 0.25) is 0 Å². The second-order valence-corrected chi connectivity index (χ2v) is 5.46. The van der Waals surface area contributed by atoms with Gasteiger partial charge in [0.05, 0.1) is 11.8 Å². The number of rotatable bonds is 4. The van der Waals surface area contributed by atoms with E-state index in [9.17, 15) is 18.0 Å². The fourth-order valence-electron chi connectivity index (χ4n) is 1.62.